The lowest BCUT2D eigenvalue weighted by Crippen LogP contribution is -2.63. The van der Waals surface area contributed by atoms with Crippen molar-refractivity contribution in [1.82, 2.24) is 10.2 Å². The molecule has 2 amide bonds. The highest BCUT2D eigenvalue weighted by Gasteiger charge is 2.45. The second kappa shape index (κ2) is 6.22. The maximum Gasteiger partial charge on any atom is 0.257 e. The van der Waals surface area contributed by atoms with Gasteiger partial charge in [-0.2, -0.15) is 0 Å². The lowest BCUT2D eigenvalue weighted by Gasteiger charge is -2.47. The molecule has 23 heavy (non-hydrogen) atoms. The maximum absolute atomic E-state index is 13.1. The number of hydrogen-bond acceptors (Lipinski definition) is 3. The van der Waals surface area contributed by atoms with Crippen molar-refractivity contribution in [1.29, 1.82) is 0 Å². The van der Waals surface area contributed by atoms with Gasteiger partial charge in [0.2, 0.25) is 5.91 Å². The van der Waals surface area contributed by atoms with Crippen LogP contribution in [0, 0.1) is 0 Å². The normalized spacial score (nSPS) is 27.7. The van der Waals surface area contributed by atoms with Gasteiger partial charge in [-0.15, -0.1) is 0 Å². The molecule has 2 saturated heterocycles. The minimum Gasteiger partial charge on any atom is -0.496 e. The van der Waals surface area contributed by atoms with E-state index < -0.39 is 0 Å². The van der Waals surface area contributed by atoms with Gasteiger partial charge >= 0.3 is 0 Å². The zero-order valence-electron chi connectivity index (χ0n) is 13.8. The first-order valence-corrected chi connectivity index (χ1v) is 8.30. The van der Waals surface area contributed by atoms with Crippen LogP contribution in [0.2, 0.25) is 0 Å². The van der Waals surface area contributed by atoms with Crippen LogP contribution in [0.3, 0.4) is 0 Å². The van der Waals surface area contributed by atoms with Gasteiger partial charge in [0, 0.05) is 13.0 Å². The number of fused-ring (bicyclic) bond motifs is 1. The van der Waals surface area contributed by atoms with Crippen molar-refractivity contribution in [2.45, 2.75) is 50.6 Å². The van der Waals surface area contributed by atoms with Crippen molar-refractivity contribution in [3.8, 4) is 5.75 Å². The Morgan fingerprint density at radius 2 is 2.13 bits per heavy atom. The van der Waals surface area contributed by atoms with Crippen LogP contribution in [0.1, 0.15) is 49.4 Å². The van der Waals surface area contributed by atoms with Gasteiger partial charge in [0.25, 0.3) is 5.91 Å². The topological polar surface area (TPSA) is 58.6 Å². The Morgan fingerprint density at radius 3 is 2.91 bits per heavy atom. The summed E-state index contributed by atoms with van der Waals surface area (Å²) in [7, 11) is 1.58. The molecule has 0 spiro atoms. The van der Waals surface area contributed by atoms with E-state index in [2.05, 4.69) is 12.2 Å². The first kappa shape index (κ1) is 15.8. The van der Waals surface area contributed by atoms with Crippen molar-refractivity contribution < 1.29 is 14.3 Å². The summed E-state index contributed by atoms with van der Waals surface area (Å²) >= 11 is 0. The fourth-order valence-electron chi connectivity index (χ4n) is 3.96. The second-order valence-electron chi connectivity index (χ2n) is 6.68. The van der Waals surface area contributed by atoms with Gasteiger partial charge in [-0.3, -0.25) is 9.59 Å². The minimum absolute atomic E-state index is 0.00507. The van der Waals surface area contributed by atoms with Gasteiger partial charge in [0.15, 0.2) is 0 Å². The Kier molecular flexibility index (Phi) is 4.28. The van der Waals surface area contributed by atoms with E-state index in [4.69, 9.17) is 4.74 Å². The van der Waals surface area contributed by atoms with Crippen LogP contribution in [-0.2, 0) is 4.79 Å². The third-order valence-corrected chi connectivity index (χ3v) is 5.11. The van der Waals surface area contributed by atoms with Gasteiger partial charge in [0.05, 0.1) is 24.3 Å². The average molecular weight is 316 g/mol. The Bertz CT molecular complexity index is 616. The molecule has 1 N–H and O–H groups in total. The van der Waals surface area contributed by atoms with Crippen molar-refractivity contribution >= 4 is 11.8 Å². The first-order chi connectivity index (χ1) is 11.0. The Balaban J connectivity index is 1.92. The summed E-state index contributed by atoms with van der Waals surface area (Å²) in [4.78, 5) is 27.0. The molecular weight excluding hydrogens is 292 g/mol. The largest absolute Gasteiger partial charge is 0.496 e. The third-order valence-electron chi connectivity index (χ3n) is 5.11. The highest BCUT2D eigenvalue weighted by Crippen LogP contribution is 2.34. The molecule has 1 aromatic rings. The van der Waals surface area contributed by atoms with Crippen LogP contribution in [0.5, 0.6) is 5.75 Å². The fraction of sp³-hybridized carbons (Fsp3) is 0.556. The molecule has 2 aliphatic heterocycles. The quantitative estimate of drug-likeness (QED) is 0.911. The number of rotatable bonds is 2. The summed E-state index contributed by atoms with van der Waals surface area (Å²) < 4.78 is 5.34. The highest BCUT2D eigenvalue weighted by atomic mass is 16.5. The molecule has 2 heterocycles. The molecule has 3 rings (SSSR count). The second-order valence-corrected chi connectivity index (χ2v) is 6.68. The zero-order chi connectivity index (χ0) is 16.4. The van der Waals surface area contributed by atoms with Crippen molar-refractivity contribution in [2.75, 3.05) is 13.7 Å². The molecule has 0 aliphatic carbocycles. The third kappa shape index (κ3) is 2.92. The molecule has 0 saturated carbocycles. The summed E-state index contributed by atoms with van der Waals surface area (Å²) in [6.07, 6.45) is 4.04. The monoisotopic (exact) mass is 316 g/mol. The summed E-state index contributed by atoms with van der Waals surface area (Å²) in [5, 5.41) is 3.16. The van der Waals surface area contributed by atoms with Crippen molar-refractivity contribution in [3.63, 3.8) is 0 Å². The van der Waals surface area contributed by atoms with Crippen LogP contribution < -0.4 is 10.1 Å². The molecule has 0 bridgehead atoms. The lowest BCUT2D eigenvalue weighted by molar-refractivity contribution is -0.123. The standard InChI is InChI=1S/C18H24N2O3/c1-18-11-6-12-20(15(18)9-5-10-16(21)19-18)17(22)13-7-3-4-8-14(13)23-2/h3-4,7-8,15H,5-6,9-12H2,1-2H3,(H,19,21)/t15-,18-/m0/s1. The predicted octanol–water partition coefficient (Wildman–Crippen LogP) is 2.36. The molecule has 124 valence electrons. The number of methoxy groups -OCH3 is 1. The number of piperidine rings is 1. The number of likely N-dealkylation sites (tertiary alicyclic amines) is 1. The fourth-order valence-corrected chi connectivity index (χ4v) is 3.96. The SMILES string of the molecule is COc1ccccc1C(=O)N1CCC[C@]2(C)NC(=O)CCC[C@H]12. The number of hydrogen-bond donors (Lipinski definition) is 1. The molecule has 2 aliphatic rings. The molecule has 1 aromatic carbocycles. The van der Waals surface area contributed by atoms with Gasteiger partial charge < -0.3 is 15.0 Å². The van der Waals surface area contributed by atoms with Gasteiger partial charge in [-0.05, 0) is 44.7 Å². The van der Waals surface area contributed by atoms with Gasteiger partial charge in [-0.1, -0.05) is 12.1 Å². The van der Waals surface area contributed by atoms with Crippen molar-refractivity contribution in [2.24, 2.45) is 0 Å². The van der Waals surface area contributed by atoms with E-state index in [0.717, 1.165) is 32.2 Å². The van der Waals surface area contributed by atoms with E-state index in [1.54, 1.807) is 7.11 Å². The van der Waals surface area contributed by atoms with E-state index in [9.17, 15) is 9.59 Å². The Morgan fingerprint density at radius 1 is 1.35 bits per heavy atom. The molecule has 0 radical (unpaired) electrons. The van der Waals surface area contributed by atoms with Crippen LogP contribution in [-0.4, -0.2) is 41.9 Å². The number of amides is 2. The molecule has 0 aromatic heterocycles. The van der Waals surface area contributed by atoms with E-state index in [1.807, 2.05) is 29.2 Å². The molecule has 5 heteroatoms. The maximum atomic E-state index is 13.1. The molecule has 0 unspecified atom stereocenters. The number of para-hydroxylation sites is 1. The highest BCUT2D eigenvalue weighted by molar-refractivity contribution is 5.97. The molecule has 2 fully saturated rings. The van der Waals surface area contributed by atoms with E-state index >= 15 is 0 Å². The Hall–Kier alpha value is -2.04. The van der Waals surface area contributed by atoms with E-state index in [-0.39, 0.29) is 23.4 Å². The zero-order valence-corrected chi connectivity index (χ0v) is 13.8. The summed E-state index contributed by atoms with van der Waals surface area (Å²) in [5.41, 5.74) is 0.263. The number of carbonyl (C=O) groups excluding carboxylic acids is 2. The number of nitrogens with zero attached hydrogens (tertiary/aromatic N) is 1. The smallest absolute Gasteiger partial charge is 0.257 e. The van der Waals surface area contributed by atoms with Crippen LogP contribution in [0.4, 0.5) is 0 Å². The lowest BCUT2D eigenvalue weighted by atomic mass is 9.80. The molecule has 2 atom stereocenters. The summed E-state index contributed by atoms with van der Waals surface area (Å²) in [6.45, 7) is 2.80. The van der Waals surface area contributed by atoms with Gasteiger partial charge in [0.1, 0.15) is 5.75 Å². The molecular formula is C18H24N2O3. The van der Waals surface area contributed by atoms with Crippen LogP contribution >= 0.6 is 0 Å². The Labute approximate surface area is 137 Å². The summed E-state index contributed by atoms with van der Waals surface area (Å²) in [5.74, 6) is 0.693. The van der Waals surface area contributed by atoms with E-state index in [1.165, 1.54) is 0 Å². The number of benzene rings is 1. The van der Waals surface area contributed by atoms with E-state index in [0.29, 0.717) is 17.7 Å². The molecule has 5 nitrogen and oxygen atoms in total. The average Bonchev–Trinajstić information content (AvgIpc) is 2.70. The van der Waals surface area contributed by atoms with Crippen LogP contribution in [0.15, 0.2) is 24.3 Å². The number of nitrogens with one attached hydrogen (secondary N) is 1. The number of ether oxygens (including phenoxy) is 1. The van der Waals surface area contributed by atoms with Crippen LogP contribution in [0.25, 0.3) is 0 Å². The van der Waals surface area contributed by atoms with Gasteiger partial charge in [-0.25, -0.2) is 0 Å². The number of carbonyl (C=O) groups is 2. The summed E-state index contributed by atoms with van der Waals surface area (Å²) in [6, 6.07) is 7.38. The minimum atomic E-state index is -0.330. The predicted molar refractivity (Wildman–Crippen MR) is 87.5 cm³/mol. The van der Waals surface area contributed by atoms with Crippen molar-refractivity contribution in [3.05, 3.63) is 29.8 Å². The first-order valence-electron chi connectivity index (χ1n) is 8.30.